The Hall–Kier alpha value is -8.26. The summed E-state index contributed by atoms with van der Waals surface area (Å²) in [5.74, 6) is -3.31. The summed E-state index contributed by atoms with van der Waals surface area (Å²) in [7, 11) is 0. The number of benzene rings is 5. The van der Waals surface area contributed by atoms with Gasteiger partial charge in [0.15, 0.2) is 0 Å². The molecule has 0 fully saturated rings. The molecule has 0 saturated heterocycles. The van der Waals surface area contributed by atoms with Crippen LogP contribution in [0.2, 0.25) is 0 Å². The van der Waals surface area contributed by atoms with Gasteiger partial charge in [-0.25, -0.2) is 28.8 Å². The van der Waals surface area contributed by atoms with E-state index in [1.807, 2.05) is 24.3 Å². The largest absolute Gasteiger partial charge is 0.462 e. The van der Waals surface area contributed by atoms with E-state index in [9.17, 15) is 28.8 Å². The Morgan fingerprint density at radius 3 is 0.702 bits per heavy atom. The van der Waals surface area contributed by atoms with Gasteiger partial charge in [-0.1, -0.05) is 283 Å². The number of hydrogen-bond acceptors (Lipinski definition) is 14. The predicted molar refractivity (Wildman–Crippen MR) is 424 cm³/mol. The molecule has 104 heavy (non-hydrogen) atoms. The van der Waals surface area contributed by atoms with Crippen molar-refractivity contribution in [3.63, 3.8) is 0 Å². The normalized spacial score (nSPS) is 11.2. The molecule has 566 valence electrons. The second kappa shape index (κ2) is 56.2. The summed E-state index contributed by atoms with van der Waals surface area (Å²) in [6.45, 7) is 9.81. The number of unbranched alkanes of at least 4 members (excludes halogenated alkanes) is 36. The van der Waals surface area contributed by atoms with E-state index in [1.165, 1.54) is 192 Å². The molecule has 5 rings (SSSR count). The van der Waals surface area contributed by atoms with Gasteiger partial charge >= 0.3 is 35.8 Å². The Morgan fingerprint density at radius 2 is 0.471 bits per heavy atom. The van der Waals surface area contributed by atoms with Crippen LogP contribution in [-0.2, 0) is 38.1 Å². The number of carbonyl (C=O) groups excluding carboxylic acids is 6. The average Bonchev–Trinajstić information content (AvgIpc) is 0.868. The third kappa shape index (κ3) is 39.0. The number of nitrogens with zero attached hydrogens (tertiary/aromatic N) is 2. The molecule has 0 aliphatic carbocycles. The van der Waals surface area contributed by atoms with Crippen molar-refractivity contribution in [1.82, 2.24) is 0 Å². The molecule has 0 spiro atoms. The molecule has 0 saturated carbocycles. The number of ether oxygens (including phenoxy) is 6. The van der Waals surface area contributed by atoms with Crippen molar-refractivity contribution in [2.75, 3.05) is 26.4 Å². The van der Waals surface area contributed by atoms with Crippen LogP contribution in [0.4, 0.5) is 11.4 Å². The van der Waals surface area contributed by atoms with E-state index < -0.39 is 35.8 Å². The van der Waals surface area contributed by atoms with Crippen LogP contribution in [0.5, 0.6) is 11.5 Å². The maximum atomic E-state index is 13.4. The zero-order valence-electron chi connectivity index (χ0n) is 63.8. The van der Waals surface area contributed by atoms with Crippen LogP contribution in [0, 0.1) is 0 Å². The van der Waals surface area contributed by atoms with Gasteiger partial charge in [0.25, 0.3) is 0 Å². The number of aliphatic imine (C=N–C) groups is 2. The molecule has 0 radical (unpaired) electrons. The number of esters is 6. The second-order valence-electron chi connectivity index (χ2n) is 27.6. The molecule has 14 heteroatoms. The lowest BCUT2D eigenvalue weighted by Gasteiger charge is -2.10. The quantitative estimate of drug-likeness (QED) is 0.00526. The van der Waals surface area contributed by atoms with Gasteiger partial charge in [0.05, 0.1) is 48.9 Å². The minimum Gasteiger partial charge on any atom is -0.462 e. The Labute approximate surface area is 624 Å². The fraction of sp³-hybridized carbons (Fsp3) is 0.533. The molecule has 0 aliphatic rings. The van der Waals surface area contributed by atoms with Gasteiger partial charge < -0.3 is 28.4 Å². The molecule has 0 amide bonds. The van der Waals surface area contributed by atoms with Gasteiger partial charge in [-0.3, -0.25) is 9.98 Å². The van der Waals surface area contributed by atoms with E-state index >= 15 is 0 Å². The van der Waals surface area contributed by atoms with E-state index in [0.717, 1.165) is 88.2 Å². The SMILES string of the molecule is CCCCCCCCCCCCOC(=O)C(=Cc1ccc(C(=O)Oc2ccc(C=Nc3ccc(N=Cc4ccc(OC(=O)c5ccc(C=C(C(=O)OCCCCCCCCCCCC)C(=O)OCCCCCCCCCCCC)cc5)cc4)cc3)cc2)cc1)C(=O)OCCCCCCCCCCCC. The summed E-state index contributed by atoms with van der Waals surface area (Å²) in [6.07, 6.45) is 52.6. The third-order valence-corrected chi connectivity index (χ3v) is 18.5. The molecule has 0 heterocycles. The fourth-order valence-corrected chi connectivity index (χ4v) is 12.0. The molecule has 0 atom stereocenters. The first-order chi connectivity index (χ1) is 51.0. The highest BCUT2D eigenvalue weighted by atomic mass is 16.6. The molecule has 0 aromatic heterocycles. The Bertz CT molecular complexity index is 2990. The molecule has 0 bridgehead atoms. The van der Waals surface area contributed by atoms with Gasteiger partial charge in [0.2, 0.25) is 0 Å². The molecular formula is C90H124N2O12. The predicted octanol–water partition coefficient (Wildman–Crippen LogP) is 24.2. The van der Waals surface area contributed by atoms with Gasteiger partial charge in [-0.05, 0) is 157 Å². The van der Waals surface area contributed by atoms with Crippen molar-refractivity contribution in [3.05, 3.63) is 166 Å². The van der Waals surface area contributed by atoms with Crippen LogP contribution in [0.1, 0.15) is 327 Å². The van der Waals surface area contributed by atoms with Crippen molar-refractivity contribution in [2.45, 2.75) is 285 Å². The van der Waals surface area contributed by atoms with Crippen molar-refractivity contribution in [2.24, 2.45) is 9.98 Å². The van der Waals surface area contributed by atoms with Crippen LogP contribution in [0.15, 0.2) is 142 Å². The molecule has 0 N–H and O–H groups in total. The molecular weight excluding hydrogens is 1300 g/mol. The first-order valence-corrected chi connectivity index (χ1v) is 40.1. The fourth-order valence-electron chi connectivity index (χ4n) is 12.0. The highest BCUT2D eigenvalue weighted by molar-refractivity contribution is 6.18. The van der Waals surface area contributed by atoms with Gasteiger partial charge in [-0.2, -0.15) is 0 Å². The lowest BCUT2D eigenvalue weighted by Crippen LogP contribution is -2.19. The number of carbonyl (C=O) groups is 6. The minimum absolute atomic E-state index is 0.177. The van der Waals surface area contributed by atoms with Crippen LogP contribution in [0.3, 0.4) is 0 Å². The summed E-state index contributed by atoms with van der Waals surface area (Å²) in [5, 5.41) is 0. The topological polar surface area (TPSA) is 183 Å². The van der Waals surface area contributed by atoms with Gasteiger partial charge in [-0.15, -0.1) is 0 Å². The van der Waals surface area contributed by atoms with E-state index in [0.29, 0.717) is 45.1 Å². The summed E-state index contributed by atoms with van der Waals surface area (Å²) in [6, 6.07) is 34.4. The standard InChI is InChI=1S/C90H124N2O12/c1-5-9-13-17-21-25-29-33-37-41-65-99-87(95)83(88(96)100-66-42-38-34-30-26-22-18-14-10-6-2)69-73-45-53-77(54-46-73)85(93)103-81-61-49-75(50-62-81)71-91-79-57-59-80(60-58-79)92-72-76-51-63-82(64-52-76)104-86(94)78-55-47-74(48-56-78)70-84(89(97)101-67-43-39-35-31-27-23-19-15-11-7-3)90(98)102-68-44-40-36-32-28-24-20-16-12-8-4/h45-64,69-72H,5-44,65-68H2,1-4H3. The molecule has 0 aliphatic heterocycles. The molecule has 5 aromatic carbocycles. The van der Waals surface area contributed by atoms with E-state index in [4.69, 9.17) is 28.4 Å². The number of hydrogen-bond donors (Lipinski definition) is 0. The Kier molecular flexibility index (Phi) is 46.7. The van der Waals surface area contributed by atoms with Crippen LogP contribution >= 0.6 is 0 Å². The maximum absolute atomic E-state index is 13.4. The van der Waals surface area contributed by atoms with E-state index in [2.05, 4.69) is 37.7 Å². The highest BCUT2D eigenvalue weighted by Crippen LogP contribution is 2.24. The van der Waals surface area contributed by atoms with Crippen LogP contribution in [-0.4, -0.2) is 74.7 Å². The van der Waals surface area contributed by atoms with E-state index in [-0.39, 0.29) is 37.6 Å². The van der Waals surface area contributed by atoms with Gasteiger partial charge in [0.1, 0.15) is 22.6 Å². The second-order valence-corrected chi connectivity index (χ2v) is 27.6. The lowest BCUT2D eigenvalue weighted by atomic mass is 10.1. The van der Waals surface area contributed by atoms with E-state index in [1.54, 1.807) is 109 Å². The Morgan fingerprint density at radius 1 is 0.260 bits per heavy atom. The average molecular weight is 1430 g/mol. The van der Waals surface area contributed by atoms with Crippen LogP contribution in [0.25, 0.3) is 12.2 Å². The monoisotopic (exact) mass is 1420 g/mol. The highest BCUT2D eigenvalue weighted by Gasteiger charge is 2.24. The minimum atomic E-state index is -0.717. The van der Waals surface area contributed by atoms with Crippen molar-refractivity contribution in [1.29, 1.82) is 0 Å². The Balaban J connectivity index is 1.07. The molecule has 14 nitrogen and oxygen atoms in total. The smallest absolute Gasteiger partial charge is 0.345 e. The summed E-state index contributed by atoms with van der Waals surface area (Å²) in [5.41, 5.74) is 4.29. The van der Waals surface area contributed by atoms with Gasteiger partial charge in [0, 0.05) is 12.4 Å². The first-order valence-electron chi connectivity index (χ1n) is 40.1. The van der Waals surface area contributed by atoms with Crippen LogP contribution < -0.4 is 9.47 Å². The summed E-state index contributed by atoms with van der Waals surface area (Å²) >= 11 is 0. The summed E-state index contributed by atoms with van der Waals surface area (Å²) < 4.78 is 33.9. The molecule has 0 unspecified atom stereocenters. The number of rotatable bonds is 58. The summed E-state index contributed by atoms with van der Waals surface area (Å²) in [4.78, 5) is 89.4. The third-order valence-electron chi connectivity index (χ3n) is 18.5. The van der Waals surface area contributed by atoms with Crippen molar-refractivity contribution < 1.29 is 57.2 Å². The van der Waals surface area contributed by atoms with Crippen molar-refractivity contribution in [3.8, 4) is 11.5 Å². The zero-order valence-corrected chi connectivity index (χ0v) is 63.8. The first kappa shape index (κ1) is 86.4. The lowest BCUT2D eigenvalue weighted by molar-refractivity contribution is -0.148. The zero-order chi connectivity index (χ0) is 74.1. The maximum Gasteiger partial charge on any atom is 0.345 e. The molecule has 5 aromatic rings. The van der Waals surface area contributed by atoms with Crippen molar-refractivity contribution >= 4 is 71.8 Å².